The van der Waals surface area contributed by atoms with Crippen molar-refractivity contribution in [3.05, 3.63) is 44.6 Å². The van der Waals surface area contributed by atoms with E-state index >= 15 is 0 Å². The van der Waals surface area contributed by atoms with E-state index < -0.39 is 0 Å². The van der Waals surface area contributed by atoms with Crippen LogP contribution in [0, 0.1) is 11.3 Å². The van der Waals surface area contributed by atoms with Gasteiger partial charge in [-0.3, -0.25) is 4.79 Å². The Morgan fingerprint density at radius 1 is 1.35 bits per heavy atom. The van der Waals surface area contributed by atoms with Crippen LogP contribution in [0.1, 0.15) is 10.4 Å². The van der Waals surface area contributed by atoms with Crippen molar-refractivity contribution in [3.8, 4) is 17.6 Å². The first-order valence-electron chi connectivity index (χ1n) is 6.72. The molecule has 0 fully saturated rings. The largest absolute Gasteiger partial charge is 0.493 e. The molecule has 1 aromatic heterocycles. The molecule has 0 bridgehead atoms. The summed E-state index contributed by atoms with van der Waals surface area (Å²) in [7, 11) is 3.22. The maximum atomic E-state index is 12.2. The van der Waals surface area contributed by atoms with Gasteiger partial charge in [-0.05, 0) is 40.2 Å². The van der Waals surface area contributed by atoms with Crippen molar-refractivity contribution in [2.45, 2.75) is 6.54 Å². The van der Waals surface area contributed by atoms with Gasteiger partial charge in [0.15, 0.2) is 18.1 Å². The van der Waals surface area contributed by atoms with E-state index in [4.69, 9.17) is 14.7 Å². The molecule has 0 aliphatic carbocycles. The van der Waals surface area contributed by atoms with Crippen molar-refractivity contribution in [2.24, 2.45) is 0 Å². The summed E-state index contributed by atoms with van der Waals surface area (Å²) in [5.41, 5.74) is 0.473. The number of rotatable bonds is 6. The summed E-state index contributed by atoms with van der Waals surface area (Å²) in [6.45, 7) is 0.439. The molecule has 0 radical (unpaired) electrons. The molecule has 1 aromatic carbocycles. The number of nitrogens with zero attached hydrogens (tertiary/aromatic N) is 2. The van der Waals surface area contributed by atoms with Crippen LogP contribution in [0.2, 0.25) is 0 Å². The maximum absolute atomic E-state index is 12.2. The Labute approximate surface area is 147 Å². The third-order valence-corrected chi connectivity index (χ3v) is 4.70. The molecule has 1 amide bonds. The summed E-state index contributed by atoms with van der Waals surface area (Å²) in [5.74, 6) is 0.731. The van der Waals surface area contributed by atoms with Gasteiger partial charge in [0.25, 0.3) is 5.91 Å². The fourth-order valence-electron chi connectivity index (χ4n) is 1.86. The van der Waals surface area contributed by atoms with E-state index in [9.17, 15) is 4.79 Å². The van der Waals surface area contributed by atoms with Gasteiger partial charge in [0.1, 0.15) is 0 Å². The molecule has 0 aliphatic rings. The summed E-state index contributed by atoms with van der Waals surface area (Å²) < 4.78 is 11.7. The van der Waals surface area contributed by atoms with Crippen LogP contribution in [-0.2, 0) is 11.3 Å². The maximum Gasteiger partial charge on any atom is 0.260 e. The highest BCUT2D eigenvalue weighted by molar-refractivity contribution is 9.11. The number of halogens is 1. The predicted molar refractivity (Wildman–Crippen MR) is 91.7 cm³/mol. The lowest BCUT2D eigenvalue weighted by atomic mass is 10.2. The zero-order valence-electron chi connectivity index (χ0n) is 12.7. The molecule has 0 N–H and O–H groups in total. The minimum Gasteiger partial charge on any atom is -0.493 e. The van der Waals surface area contributed by atoms with Crippen molar-refractivity contribution in [1.82, 2.24) is 4.90 Å². The smallest absolute Gasteiger partial charge is 0.260 e. The van der Waals surface area contributed by atoms with Gasteiger partial charge in [0, 0.05) is 18.0 Å². The second-order valence-corrected chi connectivity index (χ2v) is 7.27. The van der Waals surface area contributed by atoms with E-state index in [-0.39, 0.29) is 12.5 Å². The number of carbonyl (C=O) groups is 1. The molecule has 2 aromatic rings. The number of nitriles is 1. The highest BCUT2D eigenvalue weighted by Crippen LogP contribution is 2.28. The van der Waals surface area contributed by atoms with Crippen LogP contribution in [-0.4, -0.2) is 31.6 Å². The van der Waals surface area contributed by atoms with Gasteiger partial charge in [-0.15, -0.1) is 11.3 Å². The molecule has 23 heavy (non-hydrogen) atoms. The number of amides is 1. The number of methoxy groups -OCH3 is 1. The van der Waals surface area contributed by atoms with Gasteiger partial charge in [-0.1, -0.05) is 0 Å². The SMILES string of the molecule is COc1cc(C#N)ccc1OCC(=O)N(C)Cc1ccc(Br)s1. The minimum absolute atomic E-state index is 0.0920. The number of benzene rings is 1. The van der Waals surface area contributed by atoms with E-state index in [1.807, 2.05) is 18.2 Å². The van der Waals surface area contributed by atoms with Gasteiger partial charge in [-0.25, -0.2) is 0 Å². The van der Waals surface area contributed by atoms with Gasteiger partial charge in [-0.2, -0.15) is 5.26 Å². The zero-order valence-corrected chi connectivity index (χ0v) is 15.1. The Balaban J connectivity index is 1.94. The summed E-state index contributed by atoms with van der Waals surface area (Å²) in [6, 6.07) is 10.8. The summed E-state index contributed by atoms with van der Waals surface area (Å²) in [4.78, 5) is 14.8. The van der Waals surface area contributed by atoms with Crippen LogP contribution in [0.15, 0.2) is 34.1 Å². The first-order chi connectivity index (χ1) is 11.0. The monoisotopic (exact) mass is 394 g/mol. The van der Waals surface area contributed by atoms with Gasteiger partial charge in [0.2, 0.25) is 0 Å². The molecule has 0 saturated carbocycles. The van der Waals surface area contributed by atoms with Crippen molar-refractivity contribution >= 4 is 33.2 Å². The van der Waals surface area contributed by atoms with E-state index in [1.54, 1.807) is 41.5 Å². The molecule has 120 valence electrons. The molecular formula is C16H15BrN2O3S. The Kier molecular flexibility index (Phi) is 6.02. The van der Waals surface area contributed by atoms with Gasteiger partial charge >= 0.3 is 0 Å². The number of thiophene rings is 1. The fraction of sp³-hybridized carbons (Fsp3) is 0.250. The number of carbonyl (C=O) groups excluding carboxylic acids is 1. The third-order valence-electron chi connectivity index (χ3n) is 3.09. The van der Waals surface area contributed by atoms with Crippen LogP contribution in [0.3, 0.4) is 0 Å². The quantitative estimate of drug-likeness (QED) is 0.752. The zero-order chi connectivity index (χ0) is 16.8. The second kappa shape index (κ2) is 7.99. The van der Waals surface area contributed by atoms with Crippen molar-refractivity contribution < 1.29 is 14.3 Å². The highest BCUT2D eigenvalue weighted by Gasteiger charge is 2.13. The molecule has 0 unspecified atom stereocenters. The van der Waals surface area contributed by atoms with Crippen molar-refractivity contribution in [3.63, 3.8) is 0 Å². The topological polar surface area (TPSA) is 62.6 Å². The number of hydrogen-bond donors (Lipinski definition) is 0. The Morgan fingerprint density at radius 2 is 2.13 bits per heavy atom. The highest BCUT2D eigenvalue weighted by atomic mass is 79.9. The minimum atomic E-state index is -0.138. The molecule has 5 nitrogen and oxygen atoms in total. The molecular weight excluding hydrogens is 380 g/mol. The standard InChI is InChI=1S/C16H15BrN2O3S/c1-19(9-12-4-6-15(17)23-12)16(20)10-22-13-5-3-11(8-18)7-14(13)21-2/h3-7H,9-10H2,1-2H3. The first kappa shape index (κ1) is 17.3. The van der Waals surface area contributed by atoms with Crippen molar-refractivity contribution in [2.75, 3.05) is 20.8 Å². The van der Waals surface area contributed by atoms with Crippen LogP contribution in [0.25, 0.3) is 0 Å². The fourth-order valence-corrected chi connectivity index (χ4v) is 3.40. The van der Waals surface area contributed by atoms with Crippen molar-refractivity contribution in [1.29, 1.82) is 5.26 Å². The van der Waals surface area contributed by atoms with Crippen LogP contribution in [0.4, 0.5) is 0 Å². The summed E-state index contributed by atoms with van der Waals surface area (Å²) >= 11 is 4.99. The summed E-state index contributed by atoms with van der Waals surface area (Å²) in [5, 5.41) is 8.87. The Hall–Kier alpha value is -2.04. The molecule has 1 heterocycles. The van der Waals surface area contributed by atoms with Crippen LogP contribution >= 0.6 is 27.3 Å². The lowest BCUT2D eigenvalue weighted by Gasteiger charge is -2.17. The van der Waals surface area contributed by atoms with E-state index in [0.29, 0.717) is 23.6 Å². The number of ether oxygens (including phenoxy) is 2. The normalized spacial score (nSPS) is 10.0. The number of hydrogen-bond acceptors (Lipinski definition) is 5. The Bertz CT molecular complexity index is 739. The molecule has 0 aliphatic heterocycles. The Morgan fingerprint density at radius 3 is 2.74 bits per heavy atom. The van der Waals surface area contributed by atoms with E-state index in [2.05, 4.69) is 15.9 Å². The molecule has 0 atom stereocenters. The van der Waals surface area contributed by atoms with Gasteiger partial charge in [0.05, 0.1) is 29.1 Å². The lowest BCUT2D eigenvalue weighted by molar-refractivity contribution is -0.132. The third kappa shape index (κ3) is 4.71. The second-order valence-electron chi connectivity index (χ2n) is 4.72. The van der Waals surface area contributed by atoms with E-state index in [1.165, 1.54) is 7.11 Å². The first-order valence-corrected chi connectivity index (χ1v) is 8.33. The van der Waals surface area contributed by atoms with E-state index in [0.717, 1.165) is 8.66 Å². The van der Waals surface area contributed by atoms with Crippen LogP contribution in [0.5, 0.6) is 11.5 Å². The molecule has 2 rings (SSSR count). The average molecular weight is 395 g/mol. The number of likely N-dealkylation sites (N-methyl/N-ethyl adjacent to an activating group) is 1. The predicted octanol–water partition coefficient (Wildman–Crippen LogP) is 3.43. The lowest BCUT2D eigenvalue weighted by Crippen LogP contribution is -2.30. The average Bonchev–Trinajstić information content (AvgIpc) is 2.97. The van der Waals surface area contributed by atoms with Crippen LogP contribution < -0.4 is 9.47 Å². The van der Waals surface area contributed by atoms with Gasteiger partial charge < -0.3 is 14.4 Å². The summed E-state index contributed by atoms with van der Waals surface area (Å²) in [6.07, 6.45) is 0. The molecule has 0 saturated heterocycles. The molecule has 0 spiro atoms. The molecule has 7 heteroatoms.